The van der Waals surface area contributed by atoms with Crippen LogP contribution in [-0.2, 0) is 19.1 Å². The summed E-state index contributed by atoms with van der Waals surface area (Å²) in [6.07, 6.45) is 7.50. The Labute approximate surface area is 292 Å². The van der Waals surface area contributed by atoms with E-state index in [-0.39, 0.29) is 24.8 Å². The van der Waals surface area contributed by atoms with Gasteiger partial charge in [0.15, 0.2) is 0 Å². The Balaban J connectivity index is 1.65. The number of rotatable bonds is 9. The van der Waals surface area contributed by atoms with Gasteiger partial charge in [-0.3, -0.25) is 9.59 Å². The van der Waals surface area contributed by atoms with E-state index in [0.29, 0.717) is 12.8 Å². The predicted molar refractivity (Wildman–Crippen MR) is 203 cm³/mol. The van der Waals surface area contributed by atoms with Crippen molar-refractivity contribution in [3.63, 3.8) is 0 Å². The maximum atomic E-state index is 12.3. The van der Waals surface area contributed by atoms with E-state index in [9.17, 15) is 9.59 Å². The Bertz CT molecular complexity index is 2300. The zero-order valence-electron chi connectivity index (χ0n) is 29.5. The van der Waals surface area contributed by atoms with E-state index < -0.39 is 0 Å². The van der Waals surface area contributed by atoms with Crippen LogP contribution in [-0.4, -0.2) is 46.1 Å². The highest BCUT2D eigenvalue weighted by molar-refractivity contribution is 5.97. The van der Waals surface area contributed by atoms with Crippen molar-refractivity contribution in [2.75, 3.05) is 14.2 Å². The molecule has 6 rings (SSSR count). The molecule has 3 aromatic heterocycles. The number of aryl methyl sites for hydroxylation is 2. The Morgan fingerprint density at radius 2 is 1.28 bits per heavy atom. The highest BCUT2D eigenvalue weighted by Gasteiger charge is 2.23. The molecule has 0 aliphatic carbocycles. The molecule has 1 aromatic carbocycles. The molecule has 2 N–H and O–H groups in total. The summed E-state index contributed by atoms with van der Waals surface area (Å²) in [7, 11) is 2.80. The average Bonchev–Trinajstić information content (AvgIpc) is 3.79. The number of esters is 2. The van der Waals surface area contributed by atoms with Crippen molar-refractivity contribution < 1.29 is 19.1 Å². The van der Waals surface area contributed by atoms with Crippen molar-refractivity contribution in [1.82, 2.24) is 19.9 Å². The number of hydrogen-bond donors (Lipinski definition) is 2. The molecular formula is C42H42N4O4. The number of methoxy groups -OCH3 is 2. The van der Waals surface area contributed by atoms with Gasteiger partial charge in [-0.15, -0.1) is 0 Å². The predicted octanol–water partition coefficient (Wildman–Crippen LogP) is 9.51. The standard InChI is InChI=1S/C42H42N4O4/c1-8-28-11-9-10-12-29(28)13-14-31-25(3)35-20-30-19-24(2)34(43-30)21-36-26(4)32(15-17-41(47)49-6)39(45-36)23-40-33(16-18-42(48)50-7)27(5)37(46-40)22-38(31)44-35/h8-14,19-23,43-44H,1,15-18H2,2-7H3/b14-13+,30-20?,34-21?,35-20?,36-21?,37-22?,38-22?,39-23?,40-23?. The van der Waals surface area contributed by atoms with Crippen molar-refractivity contribution in [3.8, 4) is 0 Å². The molecule has 0 unspecified atom stereocenters. The molecule has 2 aliphatic rings. The molecule has 4 aromatic rings. The number of H-pyrrole nitrogens is 2. The van der Waals surface area contributed by atoms with Gasteiger partial charge in [0.25, 0.3) is 0 Å². The number of fused-ring (bicyclic) bond motifs is 8. The molecule has 0 radical (unpaired) electrons. The number of allylic oxidation sites excluding steroid dienone is 4. The summed E-state index contributed by atoms with van der Waals surface area (Å²) in [5.74, 6) is -0.566. The normalized spacial score (nSPS) is 12.9. The molecule has 2 aliphatic heterocycles. The maximum Gasteiger partial charge on any atom is 0.305 e. The summed E-state index contributed by atoms with van der Waals surface area (Å²) < 4.78 is 9.95. The number of ether oxygens (including phenoxy) is 2. The van der Waals surface area contributed by atoms with E-state index in [0.717, 1.165) is 95.0 Å². The molecule has 0 fully saturated rings. The second-order valence-electron chi connectivity index (χ2n) is 12.7. The molecule has 0 atom stereocenters. The lowest BCUT2D eigenvalue weighted by molar-refractivity contribution is -0.141. The first-order chi connectivity index (χ1) is 24.1. The van der Waals surface area contributed by atoms with Crippen LogP contribution in [0.15, 0.2) is 61.2 Å². The Morgan fingerprint density at radius 3 is 1.86 bits per heavy atom. The molecular weight excluding hydrogens is 624 g/mol. The topological polar surface area (TPSA) is 110 Å². The van der Waals surface area contributed by atoms with Crippen molar-refractivity contribution >= 4 is 74.5 Å². The van der Waals surface area contributed by atoms with E-state index in [1.807, 2.05) is 38.1 Å². The third kappa shape index (κ3) is 6.87. The van der Waals surface area contributed by atoms with Crippen LogP contribution in [0.3, 0.4) is 0 Å². The number of nitrogens with zero attached hydrogens (tertiary/aromatic N) is 2. The highest BCUT2D eigenvalue weighted by Crippen LogP contribution is 2.38. The van der Waals surface area contributed by atoms with Gasteiger partial charge in [-0.1, -0.05) is 49.1 Å². The lowest BCUT2D eigenvalue weighted by Crippen LogP contribution is -2.01. The summed E-state index contributed by atoms with van der Waals surface area (Å²) in [5, 5.41) is 0. The Morgan fingerprint density at radius 1 is 0.700 bits per heavy atom. The lowest BCUT2D eigenvalue weighted by atomic mass is 9.98. The van der Waals surface area contributed by atoms with Gasteiger partial charge in [0, 0.05) is 40.5 Å². The first-order valence-corrected chi connectivity index (χ1v) is 16.8. The monoisotopic (exact) mass is 666 g/mol. The zero-order chi connectivity index (χ0) is 35.5. The van der Waals surface area contributed by atoms with Gasteiger partial charge in [-0.25, -0.2) is 9.97 Å². The minimum atomic E-state index is -0.286. The van der Waals surface area contributed by atoms with Crippen molar-refractivity contribution in [2.45, 2.75) is 53.4 Å². The fourth-order valence-corrected chi connectivity index (χ4v) is 6.60. The molecule has 0 saturated heterocycles. The third-order valence-corrected chi connectivity index (χ3v) is 9.61. The number of carbonyl (C=O) groups is 2. The van der Waals surface area contributed by atoms with Crippen molar-refractivity contribution in [3.05, 3.63) is 112 Å². The van der Waals surface area contributed by atoms with Crippen LogP contribution >= 0.6 is 0 Å². The highest BCUT2D eigenvalue weighted by atomic mass is 16.5. The molecule has 0 saturated carbocycles. The number of nitrogens with one attached hydrogen (secondary N) is 2. The van der Waals surface area contributed by atoms with Crippen LogP contribution in [0.2, 0.25) is 0 Å². The van der Waals surface area contributed by atoms with E-state index >= 15 is 0 Å². The molecule has 5 heterocycles. The van der Waals surface area contributed by atoms with E-state index in [1.54, 1.807) is 0 Å². The summed E-state index contributed by atoms with van der Waals surface area (Å²) in [6, 6.07) is 18.6. The van der Waals surface area contributed by atoms with Crippen LogP contribution in [0.5, 0.6) is 0 Å². The van der Waals surface area contributed by atoms with E-state index in [1.165, 1.54) is 14.2 Å². The Kier molecular flexibility index (Phi) is 9.81. The van der Waals surface area contributed by atoms with Gasteiger partial charge in [0.1, 0.15) is 0 Å². The minimum Gasteiger partial charge on any atom is -0.469 e. The number of hydrogen-bond acceptors (Lipinski definition) is 6. The van der Waals surface area contributed by atoms with Crippen molar-refractivity contribution in [1.29, 1.82) is 0 Å². The van der Waals surface area contributed by atoms with Gasteiger partial charge in [0.2, 0.25) is 0 Å². The number of aromatic amines is 2. The smallest absolute Gasteiger partial charge is 0.305 e. The first kappa shape index (κ1) is 34.1. The number of benzene rings is 1. The molecule has 8 nitrogen and oxygen atoms in total. The fraction of sp³-hybridized carbons (Fsp3) is 0.238. The molecule has 50 heavy (non-hydrogen) atoms. The summed E-state index contributed by atoms with van der Waals surface area (Å²) in [5.41, 5.74) is 16.1. The van der Waals surface area contributed by atoms with Gasteiger partial charge in [-0.05, 0) is 115 Å². The van der Waals surface area contributed by atoms with Crippen molar-refractivity contribution in [2.24, 2.45) is 0 Å². The zero-order valence-corrected chi connectivity index (χ0v) is 29.5. The Hall–Kier alpha value is -5.76. The second kappa shape index (κ2) is 14.4. The lowest BCUT2D eigenvalue weighted by Gasteiger charge is -2.06. The average molecular weight is 667 g/mol. The van der Waals surface area contributed by atoms with Gasteiger partial charge in [0.05, 0.1) is 37.0 Å². The quantitative estimate of drug-likeness (QED) is 0.172. The molecule has 0 amide bonds. The first-order valence-electron chi connectivity index (χ1n) is 16.8. The largest absolute Gasteiger partial charge is 0.469 e. The van der Waals surface area contributed by atoms with Gasteiger partial charge < -0.3 is 19.4 Å². The second-order valence-corrected chi connectivity index (χ2v) is 12.7. The minimum absolute atomic E-state index is 0.219. The SMILES string of the molecule is C=Cc1ccccc1/C=C/c1c(C)c2cc3cc(C)c(cc4nc(cc5nc(cc1[nH]2)C(C)=C5CCC(=O)OC)C(CCC(=O)OC)=C4C)[nH]3. The van der Waals surface area contributed by atoms with Gasteiger partial charge in [-0.2, -0.15) is 0 Å². The third-order valence-electron chi connectivity index (χ3n) is 9.61. The van der Waals surface area contributed by atoms with Crippen LogP contribution in [0.1, 0.15) is 90.1 Å². The van der Waals surface area contributed by atoms with Crippen LogP contribution < -0.4 is 0 Å². The van der Waals surface area contributed by atoms with Gasteiger partial charge >= 0.3 is 11.9 Å². The summed E-state index contributed by atoms with van der Waals surface area (Å²) >= 11 is 0. The molecule has 8 bridgehead atoms. The summed E-state index contributed by atoms with van der Waals surface area (Å²) in [6.45, 7) is 12.3. The van der Waals surface area contributed by atoms with Crippen LogP contribution in [0.4, 0.5) is 0 Å². The van der Waals surface area contributed by atoms with Crippen LogP contribution in [0, 0.1) is 13.8 Å². The van der Waals surface area contributed by atoms with E-state index in [4.69, 9.17) is 19.4 Å². The molecule has 8 heteroatoms. The number of carbonyl (C=O) groups excluding carboxylic acids is 2. The molecule has 254 valence electrons. The van der Waals surface area contributed by atoms with Crippen LogP contribution in [0.25, 0.3) is 62.6 Å². The maximum absolute atomic E-state index is 12.3. The number of aromatic nitrogens is 4. The molecule has 0 spiro atoms. The fourth-order valence-electron chi connectivity index (χ4n) is 6.60. The van der Waals surface area contributed by atoms with E-state index in [2.05, 4.69) is 78.9 Å². The summed E-state index contributed by atoms with van der Waals surface area (Å²) in [4.78, 5) is 42.0.